The number of nitrogens with two attached hydrogens (primary N) is 1. The van der Waals surface area contributed by atoms with E-state index < -0.39 is 12.0 Å². The highest BCUT2D eigenvalue weighted by molar-refractivity contribution is 7.98. The van der Waals surface area contributed by atoms with Gasteiger partial charge >= 0.3 is 5.97 Å². The molecule has 0 aromatic heterocycles. The Hall–Kier alpha value is 0.130. The fraction of sp³-hybridized carbons (Fsp3) is 0.857. The van der Waals surface area contributed by atoms with Crippen LogP contribution in [0.1, 0.15) is 6.42 Å². The van der Waals surface area contributed by atoms with E-state index in [0.717, 1.165) is 5.75 Å². The summed E-state index contributed by atoms with van der Waals surface area (Å²) in [6.07, 6.45) is 6.56. The van der Waals surface area contributed by atoms with Crippen molar-refractivity contribution in [3.8, 4) is 0 Å². The Labute approximate surface area is 82.5 Å². The van der Waals surface area contributed by atoms with Crippen LogP contribution in [0, 0.1) is 0 Å². The minimum Gasteiger partial charge on any atom is -0.480 e. The summed E-state index contributed by atoms with van der Waals surface area (Å²) in [4.78, 5) is 10.1. The van der Waals surface area contributed by atoms with E-state index in [-0.39, 0.29) is 0 Å². The fourth-order valence-electron chi connectivity index (χ4n) is 0.368. The number of carboxylic acids is 1. The van der Waals surface area contributed by atoms with Gasteiger partial charge in [0.1, 0.15) is 6.04 Å². The average molecular weight is 211 g/mol. The molecule has 0 aromatic carbocycles. The molecule has 1 atom stereocenters. The van der Waals surface area contributed by atoms with Crippen molar-refractivity contribution in [2.45, 2.75) is 12.5 Å². The number of aliphatic carboxylic acids is 1. The minimum absolute atomic E-state index is 0.552. The molecule has 0 aliphatic heterocycles. The van der Waals surface area contributed by atoms with E-state index in [4.69, 9.17) is 10.8 Å². The zero-order chi connectivity index (χ0) is 9.98. The highest BCUT2D eigenvalue weighted by atomic mass is 32.2. The first kappa shape index (κ1) is 14.6. The quantitative estimate of drug-likeness (QED) is 0.730. The second kappa shape index (κ2) is 11.1. The number of thioether (sulfide) groups is 2. The van der Waals surface area contributed by atoms with Gasteiger partial charge < -0.3 is 10.8 Å². The predicted octanol–water partition coefficient (Wildman–Crippen LogP) is 1.13. The molecule has 0 aromatic rings. The molecule has 0 aliphatic carbocycles. The lowest BCUT2D eigenvalue weighted by atomic mass is 10.2. The summed E-state index contributed by atoms with van der Waals surface area (Å²) in [6, 6.07) is -0.683. The number of rotatable bonds is 4. The molecule has 74 valence electrons. The van der Waals surface area contributed by atoms with Crippen molar-refractivity contribution in [1.82, 2.24) is 0 Å². The fourth-order valence-corrected chi connectivity index (χ4v) is 0.858. The van der Waals surface area contributed by atoms with Crippen LogP contribution in [0.25, 0.3) is 0 Å². The van der Waals surface area contributed by atoms with Crippen molar-refractivity contribution in [2.24, 2.45) is 5.73 Å². The Bertz CT molecular complexity index is 112. The van der Waals surface area contributed by atoms with Gasteiger partial charge in [-0.1, -0.05) is 0 Å². The van der Waals surface area contributed by atoms with Crippen LogP contribution in [0.5, 0.6) is 0 Å². The van der Waals surface area contributed by atoms with Gasteiger partial charge in [0.25, 0.3) is 0 Å². The van der Waals surface area contributed by atoms with Gasteiger partial charge in [-0.15, -0.1) is 0 Å². The second-order valence-corrected chi connectivity index (χ2v) is 3.94. The molecule has 12 heavy (non-hydrogen) atoms. The van der Waals surface area contributed by atoms with Gasteiger partial charge in [-0.2, -0.15) is 23.5 Å². The van der Waals surface area contributed by atoms with E-state index in [2.05, 4.69) is 0 Å². The third-order valence-electron chi connectivity index (χ3n) is 0.950. The molecule has 5 heteroatoms. The second-order valence-electron chi connectivity index (χ2n) is 2.13. The zero-order valence-electron chi connectivity index (χ0n) is 7.74. The molecule has 0 spiro atoms. The molecule has 0 saturated heterocycles. The highest BCUT2D eigenvalue weighted by Gasteiger charge is 2.08. The first-order valence-electron chi connectivity index (χ1n) is 3.47. The van der Waals surface area contributed by atoms with Crippen molar-refractivity contribution < 1.29 is 9.90 Å². The van der Waals surface area contributed by atoms with E-state index in [0.29, 0.717) is 6.42 Å². The monoisotopic (exact) mass is 211 g/mol. The molecule has 0 radical (unpaired) electrons. The van der Waals surface area contributed by atoms with E-state index in [1.54, 1.807) is 23.5 Å². The largest absolute Gasteiger partial charge is 0.480 e. The van der Waals surface area contributed by atoms with Gasteiger partial charge in [0.15, 0.2) is 0 Å². The van der Waals surface area contributed by atoms with Gasteiger partial charge in [0.05, 0.1) is 0 Å². The normalized spacial score (nSPS) is 11.3. The molecule has 0 unspecified atom stereocenters. The van der Waals surface area contributed by atoms with Crippen molar-refractivity contribution in [3.05, 3.63) is 0 Å². The molecule has 3 nitrogen and oxygen atoms in total. The van der Waals surface area contributed by atoms with Crippen LogP contribution in [0.3, 0.4) is 0 Å². The van der Waals surface area contributed by atoms with Crippen molar-refractivity contribution in [3.63, 3.8) is 0 Å². The topological polar surface area (TPSA) is 63.3 Å². The van der Waals surface area contributed by atoms with Gasteiger partial charge in [-0.3, -0.25) is 4.79 Å². The summed E-state index contributed by atoms with van der Waals surface area (Å²) in [5.74, 6) is -0.1000. The van der Waals surface area contributed by atoms with Crippen LogP contribution in [-0.2, 0) is 4.79 Å². The lowest BCUT2D eigenvalue weighted by Gasteiger charge is -2.02. The summed E-state index contributed by atoms with van der Waals surface area (Å²) < 4.78 is 0. The maximum absolute atomic E-state index is 10.1. The first-order valence-corrected chi connectivity index (χ1v) is 6.50. The van der Waals surface area contributed by atoms with E-state index in [9.17, 15) is 4.79 Å². The Morgan fingerprint density at radius 3 is 2.17 bits per heavy atom. The van der Waals surface area contributed by atoms with Gasteiger partial charge in [0.2, 0.25) is 0 Å². The van der Waals surface area contributed by atoms with Crippen LogP contribution in [0.2, 0.25) is 0 Å². The maximum Gasteiger partial charge on any atom is 0.320 e. The molecule has 0 fully saturated rings. The summed E-state index contributed by atoms with van der Waals surface area (Å²) >= 11 is 3.35. The lowest BCUT2D eigenvalue weighted by molar-refractivity contribution is -0.138. The molecular formula is C7H17NO2S2. The standard InChI is InChI=1S/C5H11NO2S.C2H6S/c1-9-3-2-4(6)5(7)8;1-3-2/h4H,2-3,6H2,1H3,(H,7,8);1-2H3/t4-;/m0./s1. The van der Waals surface area contributed by atoms with Crippen LogP contribution in [0.4, 0.5) is 0 Å². The van der Waals surface area contributed by atoms with Gasteiger partial charge in [-0.25, -0.2) is 0 Å². The van der Waals surface area contributed by atoms with Crippen molar-refractivity contribution in [2.75, 3.05) is 24.5 Å². The third-order valence-corrected chi connectivity index (χ3v) is 1.59. The van der Waals surface area contributed by atoms with E-state index >= 15 is 0 Å². The van der Waals surface area contributed by atoms with E-state index in [1.807, 2.05) is 18.8 Å². The summed E-state index contributed by atoms with van der Waals surface area (Å²) in [5.41, 5.74) is 5.19. The Balaban J connectivity index is 0. The molecule has 0 rings (SSSR count). The molecule has 0 saturated carbocycles. The first-order chi connectivity index (χ1) is 5.59. The number of hydrogen-bond donors (Lipinski definition) is 2. The van der Waals surface area contributed by atoms with Gasteiger partial charge in [0, 0.05) is 0 Å². The van der Waals surface area contributed by atoms with Crippen molar-refractivity contribution >= 4 is 29.5 Å². The van der Waals surface area contributed by atoms with Crippen LogP contribution in [0.15, 0.2) is 0 Å². The van der Waals surface area contributed by atoms with Crippen molar-refractivity contribution in [1.29, 1.82) is 0 Å². The maximum atomic E-state index is 10.1. The number of hydrogen-bond acceptors (Lipinski definition) is 4. The molecule has 3 N–H and O–H groups in total. The van der Waals surface area contributed by atoms with Gasteiger partial charge in [-0.05, 0) is 30.9 Å². The number of carboxylic acid groups (broad SMARTS) is 1. The van der Waals surface area contributed by atoms with Crippen LogP contribution < -0.4 is 5.73 Å². The smallest absolute Gasteiger partial charge is 0.320 e. The molecule has 0 heterocycles. The lowest BCUT2D eigenvalue weighted by Crippen LogP contribution is -2.30. The predicted molar refractivity (Wildman–Crippen MR) is 58.0 cm³/mol. The Morgan fingerprint density at radius 2 is 1.92 bits per heavy atom. The third kappa shape index (κ3) is 12.8. The Morgan fingerprint density at radius 1 is 1.50 bits per heavy atom. The highest BCUT2D eigenvalue weighted by Crippen LogP contribution is 1.97. The van der Waals surface area contributed by atoms with Crippen LogP contribution in [-0.4, -0.2) is 41.6 Å². The van der Waals surface area contributed by atoms with E-state index in [1.165, 1.54) is 0 Å². The molecule has 0 aliphatic rings. The summed E-state index contributed by atoms with van der Waals surface area (Å²) in [7, 11) is 0. The SMILES string of the molecule is CSC.CSCC[C@H](N)C(=O)O. The zero-order valence-corrected chi connectivity index (χ0v) is 9.37. The molecular weight excluding hydrogens is 194 g/mol. The number of carbonyl (C=O) groups is 1. The van der Waals surface area contributed by atoms with Crippen LogP contribution >= 0.6 is 23.5 Å². The summed E-state index contributed by atoms with van der Waals surface area (Å²) in [5, 5.41) is 8.27. The Kier molecular flexibility index (Phi) is 13.6. The summed E-state index contributed by atoms with van der Waals surface area (Å²) in [6.45, 7) is 0. The molecule has 0 amide bonds. The minimum atomic E-state index is -0.913. The molecule has 0 bridgehead atoms. The average Bonchev–Trinajstić information content (AvgIpc) is 2.01.